The van der Waals surface area contributed by atoms with Crippen LogP contribution in [0.4, 0.5) is 5.69 Å². The Kier molecular flexibility index (Phi) is 6.22. The summed E-state index contributed by atoms with van der Waals surface area (Å²) in [4.78, 5) is 37.6. The fourth-order valence-corrected chi connectivity index (χ4v) is 3.09. The highest BCUT2D eigenvalue weighted by atomic mass is 16.3. The Hall–Kier alpha value is -4.46. The number of rotatable bonds is 7. The summed E-state index contributed by atoms with van der Waals surface area (Å²) in [5.74, 6) is -0.276. The lowest BCUT2D eigenvalue weighted by Gasteiger charge is -2.11. The zero-order chi connectivity index (χ0) is 22.3. The van der Waals surface area contributed by atoms with Gasteiger partial charge in [-0.05, 0) is 35.9 Å². The van der Waals surface area contributed by atoms with E-state index in [0.717, 1.165) is 5.56 Å². The van der Waals surface area contributed by atoms with Crippen molar-refractivity contribution in [3.63, 3.8) is 0 Å². The topological polar surface area (TPSA) is 106 Å². The van der Waals surface area contributed by atoms with Crippen LogP contribution in [0.1, 0.15) is 32.2 Å². The van der Waals surface area contributed by atoms with Gasteiger partial charge in [-0.3, -0.25) is 14.4 Å². The zero-order valence-corrected chi connectivity index (χ0v) is 17.0. The number of hydrogen-bond donors (Lipinski definition) is 2. The first-order valence-electron chi connectivity index (χ1n) is 9.93. The van der Waals surface area contributed by atoms with Crippen LogP contribution < -0.4 is 16.2 Å². The van der Waals surface area contributed by atoms with Crippen LogP contribution in [-0.4, -0.2) is 21.6 Å². The molecule has 0 bridgehead atoms. The highest BCUT2D eigenvalue weighted by Crippen LogP contribution is 2.16. The first kappa shape index (κ1) is 20.8. The highest BCUT2D eigenvalue weighted by Gasteiger charge is 2.16. The fraction of sp³-hybridized carbons (Fsp3) is 0.0833. The number of para-hydroxylation sites is 1. The van der Waals surface area contributed by atoms with Crippen LogP contribution in [0.2, 0.25) is 0 Å². The number of amides is 2. The minimum Gasteiger partial charge on any atom is -0.467 e. The van der Waals surface area contributed by atoms with Gasteiger partial charge in [0.25, 0.3) is 17.4 Å². The summed E-state index contributed by atoms with van der Waals surface area (Å²) in [7, 11) is 0. The van der Waals surface area contributed by atoms with Crippen molar-refractivity contribution in [1.82, 2.24) is 15.1 Å². The van der Waals surface area contributed by atoms with Gasteiger partial charge < -0.3 is 15.1 Å². The van der Waals surface area contributed by atoms with E-state index < -0.39 is 5.91 Å². The van der Waals surface area contributed by atoms with Crippen molar-refractivity contribution in [3.8, 4) is 0 Å². The summed E-state index contributed by atoms with van der Waals surface area (Å²) < 4.78 is 6.44. The van der Waals surface area contributed by atoms with E-state index in [4.69, 9.17) is 4.42 Å². The molecular formula is C24H20N4O4. The molecular weight excluding hydrogens is 408 g/mol. The Labute approximate surface area is 183 Å². The van der Waals surface area contributed by atoms with Crippen molar-refractivity contribution in [3.05, 3.63) is 118 Å². The van der Waals surface area contributed by atoms with Gasteiger partial charge >= 0.3 is 0 Å². The molecule has 0 saturated heterocycles. The minimum absolute atomic E-state index is 0.0614. The van der Waals surface area contributed by atoms with Crippen LogP contribution in [0.25, 0.3) is 0 Å². The van der Waals surface area contributed by atoms with Crippen LogP contribution in [0.3, 0.4) is 0 Å². The van der Waals surface area contributed by atoms with E-state index in [2.05, 4.69) is 15.7 Å². The second kappa shape index (κ2) is 9.57. The predicted molar refractivity (Wildman–Crippen MR) is 118 cm³/mol. The standard InChI is InChI=1S/C24H20N4O4/c29-22-13-12-21(27-28(22)16-17-7-2-1-3-8-17)24(31)26-20-11-5-4-10-19(20)23(30)25-15-18-9-6-14-32-18/h1-14H,15-16H2,(H,25,30)(H,26,31). The number of benzene rings is 2. The number of carbonyl (C=O) groups excluding carboxylic acids is 2. The maximum atomic E-state index is 12.8. The number of nitrogens with one attached hydrogen (secondary N) is 2. The molecule has 0 radical (unpaired) electrons. The second-order valence-corrected chi connectivity index (χ2v) is 6.96. The van der Waals surface area contributed by atoms with E-state index >= 15 is 0 Å². The molecule has 2 amide bonds. The average Bonchev–Trinajstić information content (AvgIpc) is 3.34. The van der Waals surface area contributed by atoms with Gasteiger partial charge in [-0.2, -0.15) is 5.10 Å². The molecule has 0 atom stereocenters. The van der Waals surface area contributed by atoms with Gasteiger partial charge in [0.2, 0.25) is 0 Å². The number of furan rings is 1. The van der Waals surface area contributed by atoms with Crippen molar-refractivity contribution in [2.45, 2.75) is 13.1 Å². The average molecular weight is 428 g/mol. The number of anilines is 1. The molecule has 0 saturated carbocycles. The Morgan fingerprint density at radius 2 is 1.66 bits per heavy atom. The maximum Gasteiger partial charge on any atom is 0.276 e. The Balaban J connectivity index is 1.50. The van der Waals surface area contributed by atoms with Crippen LogP contribution in [0, 0.1) is 0 Å². The number of hydrogen-bond acceptors (Lipinski definition) is 5. The molecule has 0 aliphatic heterocycles. The Morgan fingerprint density at radius 3 is 2.44 bits per heavy atom. The lowest BCUT2D eigenvalue weighted by molar-refractivity contribution is 0.0949. The lowest BCUT2D eigenvalue weighted by atomic mass is 10.1. The van der Waals surface area contributed by atoms with Crippen molar-refractivity contribution in [1.29, 1.82) is 0 Å². The van der Waals surface area contributed by atoms with Gasteiger partial charge in [-0.15, -0.1) is 0 Å². The van der Waals surface area contributed by atoms with Crippen molar-refractivity contribution in [2.24, 2.45) is 0 Å². The molecule has 32 heavy (non-hydrogen) atoms. The van der Waals surface area contributed by atoms with Gasteiger partial charge in [-0.25, -0.2) is 4.68 Å². The third kappa shape index (κ3) is 4.99. The van der Waals surface area contributed by atoms with Gasteiger partial charge in [0, 0.05) is 6.07 Å². The molecule has 0 aliphatic carbocycles. The molecule has 8 nitrogen and oxygen atoms in total. The third-order valence-electron chi connectivity index (χ3n) is 4.70. The smallest absolute Gasteiger partial charge is 0.276 e. The van der Waals surface area contributed by atoms with Gasteiger partial charge in [-0.1, -0.05) is 42.5 Å². The lowest BCUT2D eigenvalue weighted by Crippen LogP contribution is -2.27. The molecule has 8 heteroatoms. The van der Waals surface area contributed by atoms with E-state index in [9.17, 15) is 14.4 Å². The van der Waals surface area contributed by atoms with Gasteiger partial charge in [0.05, 0.1) is 30.6 Å². The monoisotopic (exact) mass is 428 g/mol. The summed E-state index contributed by atoms with van der Waals surface area (Å²) >= 11 is 0. The molecule has 2 heterocycles. The van der Waals surface area contributed by atoms with Crippen molar-refractivity contribution < 1.29 is 14.0 Å². The molecule has 2 aromatic heterocycles. The van der Waals surface area contributed by atoms with Crippen LogP contribution >= 0.6 is 0 Å². The molecule has 2 aromatic carbocycles. The van der Waals surface area contributed by atoms with Crippen LogP contribution in [-0.2, 0) is 13.1 Å². The zero-order valence-electron chi connectivity index (χ0n) is 17.0. The van der Waals surface area contributed by atoms with E-state index in [1.807, 2.05) is 30.3 Å². The summed E-state index contributed by atoms with van der Waals surface area (Å²) in [6.45, 7) is 0.465. The molecule has 0 aliphatic rings. The summed E-state index contributed by atoms with van der Waals surface area (Å²) in [6.07, 6.45) is 1.53. The molecule has 0 spiro atoms. The van der Waals surface area contributed by atoms with Crippen molar-refractivity contribution >= 4 is 17.5 Å². The molecule has 0 fully saturated rings. The number of carbonyl (C=O) groups is 2. The summed E-state index contributed by atoms with van der Waals surface area (Å²) in [5, 5.41) is 9.65. The summed E-state index contributed by atoms with van der Waals surface area (Å²) in [5.41, 5.74) is 1.26. The Bertz CT molecular complexity index is 1280. The molecule has 2 N–H and O–H groups in total. The SMILES string of the molecule is O=C(Nc1ccccc1C(=O)NCc1ccco1)c1ccc(=O)n(Cc2ccccc2)n1. The van der Waals surface area contributed by atoms with E-state index in [1.54, 1.807) is 36.4 Å². The third-order valence-corrected chi connectivity index (χ3v) is 4.70. The largest absolute Gasteiger partial charge is 0.467 e. The quantitative estimate of drug-likeness (QED) is 0.471. The summed E-state index contributed by atoms with van der Waals surface area (Å²) in [6, 6.07) is 22.2. The number of aromatic nitrogens is 2. The molecule has 4 rings (SSSR count). The second-order valence-electron chi connectivity index (χ2n) is 6.96. The van der Waals surface area contributed by atoms with E-state index in [1.165, 1.54) is 23.1 Å². The van der Waals surface area contributed by atoms with Gasteiger partial charge in [0.15, 0.2) is 0 Å². The Morgan fingerprint density at radius 1 is 0.875 bits per heavy atom. The van der Waals surface area contributed by atoms with E-state index in [0.29, 0.717) is 17.0 Å². The first-order chi connectivity index (χ1) is 15.6. The van der Waals surface area contributed by atoms with Crippen LogP contribution in [0.5, 0.6) is 0 Å². The molecule has 160 valence electrons. The maximum absolute atomic E-state index is 12.8. The van der Waals surface area contributed by atoms with Crippen molar-refractivity contribution in [2.75, 3.05) is 5.32 Å². The fourth-order valence-electron chi connectivity index (χ4n) is 3.09. The molecule has 4 aromatic rings. The van der Waals surface area contributed by atoms with Gasteiger partial charge in [0.1, 0.15) is 11.5 Å². The minimum atomic E-state index is -0.530. The number of nitrogens with zero attached hydrogens (tertiary/aromatic N) is 2. The van der Waals surface area contributed by atoms with Crippen LogP contribution in [0.15, 0.2) is 94.3 Å². The highest BCUT2D eigenvalue weighted by molar-refractivity contribution is 6.08. The van der Waals surface area contributed by atoms with E-state index in [-0.39, 0.29) is 30.2 Å². The first-order valence-corrected chi connectivity index (χ1v) is 9.93. The normalized spacial score (nSPS) is 10.5. The predicted octanol–water partition coefficient (Wildman–Crippen LogP) is 3.07. The molecule has 0 unspecified atom stereocenters.